The summed E-state index contributed by atoms with van der Waals surface area (Å²) in [6, 6.07) is 7.79. The van der Waals surface area contributed by atoms with Crippen molar-refractivity contribution in [1.29, 1.82) is 0 Å². The fourth-order valence-electron chi connectivity index (χ4n) is 2.00. The van der Waals surface area contributed by atoms with Crippen LogP contribution in [0.15, 0.2) is 36.4 Å². The zero-order valence-corrected chi connectivity index (χ0v) is 14.3. The van der Waals surface area contributed by atoms with Crippen LogP contribution in [-0.2, 0) is 4.79 Å². The number of nitrogens with zero attached hydrogens (tertiary/aromatic N) is 1. The molecule has 132 valence electrons. The molecule has 2 amide bonds. The topological polar surface area (TPSA) is 61.4 Å². The zero-order chi connectivity index (χ0) is 18.6. The molecule has 8 heteroatoms. The Morgan fingerprint density at radius 2 is 1.72 bits per heavy atom. The second-order valence-corrected chi connectivity index (χ2v) is 5.83. The predicted octanol–water partition coefficient (Wildman–Crippen LogP) is 3.37. The lowest BCUT2D eigenvalue weighted by molar-refractivity contribution is -0.114. The number of amides is 2. The number of rotatable bonds is 5. The molecule has 2 aromatic rings. The summed E-state index contributed by atoms with van der Waals surface area (Å²) in [6.45, 7) is -0.115. The van der Waals surface area contributed by atoms with Gasteiger partial charge in [-0.15, -0.1) is 0 Å². The smallest absolute Gasteiger partial charge is 0.254 e. The van der Waals surface area contributed by atoms with E-state index in [-0.39, 0.29) is 23.2 Å². The van der Waals surface area contributed by atoms with Crippen LogP contribution in [0.4, 0.5) is 20.2 Å². The van der Waals surface area contributed by atoms with E-state index in [9.17, 15) is 18.4 Å². The zero-order valence-electron chi connectivity index (χ0n) is 13.6. The van der Waals surface area contributed by atoms with E-state index in [4.69, 9.17) is 11.6 Å². The Balaban J connectivity index is 1.96. The first-order valence-electron chi connectivity index (χ1n) is 7.28. The van der Waals surface area contributed by atoms with Crippen LogP contribution < -0.4 is 10.6 Å². The lowest BCUT2D eigenvalue weighted by Crippen LogP contribution is -2.23. The van der Waals surface area contributed by atoms with Gasteiger partial charge in [-0.25, -0.2) is 8.78 Å². The minimum absolute atomic E-state index is 0.115. The Hall–Kier alpha value is -2.67. The van der Waals surface area contributed by atoms with Crippen molar-refractivity contribution in [1.82, 2.24) is 4.90 Å². The molecule has 0 unspecified atom stereocenters. The van der Waals surface area contributed by atoms with E-state index in [2.05, 4.69) is 10.6 Å². The fraction of sp³-hybridized carbons (Fsp3) is 0.176. The highest BCUT2D eigenvalue weighted by Gasteiger charge is 2.13. The van der Waals surface area contributed by atoms with Crippen LogP contribution >= 0.6 is 11.6 Å². The van der Waals surface area contributed by atoms with Crippen molar-refractivity contribution in [3.63, 3.8) is 0 Å². The summed E-state index contributed by atoms with van der Waals surface area (Å²) in [5, 5.41) is 5.53. The second kappa shape index (κ2) is 7.94. The largest absolute Gasteiger partial charge is 0.376 e. The van der Waals surface area contributed by atoms with E-state index in [1.165, 1.54) is 17.0 Å². The maximum absolute atomic E-state index is 13.1. The van der Waals surface area contributed by atoms with Gasteiger partial charge in [0.2, 0.25) is 5.91 Å². The van der Waals surface area contributed by atoms with E-state index < -0.39 is 17.5 Å². The van der Waals surface area contributed by atoms with Gasteiger partial charge in [0.1, 0.15) is 0 Å². The van der Waals surface area contributed by atoms with Crippen molar-refractivity contribution in [2.24, 2.45) is 0 Å². The van der Waals surface area contributed by atoms with E-state index in [0.717, 1.165) is 12.1 Å². The summed E-state index contributed by atoms with van der Waals surface area (Å²) >= 11 is 6.08. The number of carbonyl (C=O) groups is 2. The molecule has 0 saturated heterocycles. The van der Waals surface area contributed by atoms with Crippen molar-refractivity contribution in [2.75, 3.05) is 31.3 Å². The molecule has 0 fully saturated rings. The summed E-state index contributed by atoms with van der Waals surface area (Å²) in [7, 11) is 3.24. The Kier molecular flexibility index (Phi) is 5.93. The summed E-state index contributed by atoms with van der Waals surface area (Å²) in [5.74, 6) is -2.71. The minimum atomic E-state index is -1.04. The van der Waals surface area contributed by atoms with Crippen LogP contribution in [0.25, 0.3) is 0 Å². The Morgan fingerprint density at radius 1 is 1.04 bits per heavy atom. The van der Waals surface area contributed by atoms with E-state index in [0.29, 0.717) is 11.3 Å². The Morgan fingerprint density at radius 3 is 2.32 bits per heavy atom. The molecule has 0 saturated carbocycles. The molecular weight excluding hydrogens is 352 g/mol. The van der Waals surface area contributed by atoms with Crippen molar-refractivity contribution in [3.05, 3.63) is 58.6 Å². The number of halogens is 3. The first kappa shape index (κ1) is 18.7. The number of benzene rings is 2. The lowest BCUT2D eigenvalue weighted by atomic mass is 10.2. The van der Waals surface area contributed by atoms with Crippen LogP contribution in [0.3, 0.4) is 0 Å². The average Bonchev–Trinajstić information content (AvgIpc) is 2.56. The molecule has 2 N–H and O–H groups in total. The van der Waals surface area contributed by atoms with Crippen molar-refractivity contribution >= 4 is 34.8 Å². The first-order valence-corrected chi connectivity index (χ1v) is 7.65. The molecule has 0 aromatic heterocycles. The second-order valence-electron chi connectivity index (χ2n) is 5.42. The summed E-state index contributed by atoms with van der Waals surface area (Å²) in [5.41, 5.74) is 1.04. The molecule has 0 atom stereocenters. The van der Waals surface area contributed by atoms with E-state index in [1.54, 1.807) is 26.2 Å². The molecule has 2 rings (SSSR count). The van der Waals surface area contributed by atoms with Crippen LogP contribution in [0.1, 0.15) is 10.4 Å². The highest BCUT2D eigenvalue weighted by molar-refractivity contribution is 6.34. The van der Waals surface area contributed by atoms with Gasteiger partial charge in [-0.1, -0.05) is 11.6 Å². The van der Waals surface area contributed by atoms with Crippen LogP contribution in [0.2, 0.25) is 5.02 Å². The standard InChI is InChI=1S/C17H16ClF2N3O2/c1-23(2)17(25)12-5-3-10(7-13(12)18)21-9-16(24)22-11-4-6-14(19)15(20)8-11/h3-8,21H,9H2,1-2H3,(H,22,24). The van der Waals surface area contributed by atoms with Crippen molar-refractivity contribution in [2.45, 2.75) is 0 Å². The van der Waals surface area contributed by atoms with Gasteiger partial charge in [0, 0.05) is 31.5 Å². The van der Waals surface area contributed by atoms with Crippen molar-refractivity contribution < 1.29 is 18.4 Å². The SMILES string of the molecule is CN(C)C(=O)c1ccc(NCC(=O)Nc2ccc(F)c(F)c2)cc1Cl. The van der Waals surface area contributed by atoms with Gasteiger partial charge in [0.05, 0.1) is 17.1 Å². The third kappa shape index (κ3) is 4.90. The third-order valence-corrected chi connectivity index (χ3v) is 3.57. The molecule has 0 heterocycles. The number of hydrogen-bond acceptors (Lipinski definition) is 3. The summed E-state index contributed by atoms with van der Waals surface area (Å²) in [6.07, 6.45) is 0. The minimum Gasteiger partial charge on any atom is -0.376 e. The molecule has 5 nitrogen and oxygen atoms in total. The van der Waals surface area contributed by atoms with Gasteiger partial charge >= 0.3 is 0 Å². The quantitative estimate of drug-likeness (QED) is 0.851. The molecule has 0 bridgehead atoms. The molecule has 0 aliphatic heterocycles. The number of anilines is 2. The average molecular weight is 368 g/mol. The van der Waals surface area contributed by atoms with Gasteiger partial charge in [0.15, 0.2) is 11.6 Å². The molecule has 25 heavy (non-hydrogen) atoms. The highest BCUT2D eigenvalue weighted by atomic mass is 35.5. The maximum Gasteiger partial charge on any atom is 0.254 e. The van der Waals surface area contributed by atoms with Gasteiger partial charge in [-0.05, 0) is 30.3 Å². The molecular formula is C17H16ClF2N3O2. The monoisotopic (exact) mass is 367 g/mol. The van der Waals surface area contributed by atoms with E-state index >= 15 is 0 Å². The Labute approximate surface area is 148 Å². The van der Waals surface area contributed by atoms with Crippen molar-refractivity contribution in [3.8, 4) is 0 Å². The first-order chi connectivity index (χ1) is 11.8. The van der Waals surface area contributed by atoms with Crippen LogP contribution in [0, 0.1) is 11.6 Å². The normalized spacial score (nSPS) is 10.3. The molecule has 0 aliphatic carbocycles. The van der Waals surface area contributed by atoms with Crippen LogP contribution in [0.5, 0.6) is 0 Å². The van der Waals surface area contributed by atoms with Gasteiger partial charge < -0.3 is 15.5 Å². The highest BCUT2D eigenvalue weighted by Crippen LogP contribution is 2.22. The fourth-order valence-corrected chi connectivity index (χ4v) is 2.26. The van der Waals surface area contributed by atoms with E-state index in [1.807, 2.05) is 0 Å². The third-order valence-electron chi connectivity index (χ3n) is 3.26. The van der Waals surface area contributed by atoms with Gasteiger partial charge in [-0.2, -0.15) is 0 Å². The number of nitrogens with one attached hydrogen (secondary N) is 2. The number of carbonyl (C=O) groups excluding carboxylic acids is 2. The predicted molar refractivity (Wildman–Crippen MR) is 92.9 cm³/mol. The maximum atomic E-state index is 13.1. The summed E-state index contributed by atoms with van der Waals surface area (Å²) < 4.78 is 25.9. The van der Waals surface area contributed by atoms with Gasteiger partial charge in [-0.3, -0.25) is 9.59 Å². The number of hydrogen-bond donors (Lipinski definition) is 2. The molecule has 0 radical (unpaired) electrons. The summed E-state index contributed by atoms with van der Waals surface area (Å²) in [4.78, 5) is 25.2. The molecule has 0 aliphatic rings. The Bertz CT molecular complexity index is 812. The lowest BCUT2D eigenvalue weighted by Gasteiger charge is -2.13. The van der Waals surface area contributed by atoms with Gasteiger partial charge in [0.25, 0.3) is 5.91 Å². The molecule has 0 spiro atoms. The molecule has 2 aromatic carbocycles. The van der Waals surface area contributed by atoms with Crippen LogP contribution in [-0.4, -0.2) is 37.4 Å².